The van der Waals surface area contributed by atoms with Crippen molar-refractivity contribution < 1.29 is 14.6 Å². The quantitative estimate of drug-likeness (QED) is 0.574. The van der Waals surface area contributed by atoms with Gasteiger partial charge in [0.25, 0.3) is 0 Å². The molecule has 0 atom stereocenters. The van der Waals surface area contributed by atoms with E-state index in [0.29, 0.717) is 12.3 Å². The lowest BCUT2D eigenvalue weighted by Crippen LogP contribution is -2.08. The number of rotatable bonds is 6. The minimum atomic E-state index is -0.931. The predicted octanol–water partition coefficient (Wildman–Crippen LogP) is 5.30. The molecule has 2 aromatic rings. The summed E-state index contributed by atoms with van der Waals surface area (Å²) in [5.74, 6) is -0.0440. The van der Waals surface area contributed by atoms with Crippen molar-refractivity contribution in [3.63, 3.8) is 0 Å². The minimum absolute atomic E-state index is 0.275. The van der Waals surface area contributed by atoms with E-state index in [1.165, 1.54) is 14.7 Å². The Labute approximate surface area is 163 Å². The highest BCUT2D eigenvalue weighted by Crippen LogP contribution is 2.36. The summed E-state index contributed by atoms with van der Waals surface area (Å²) in [7, 11) is 0. The third kappa shape index (κ3) is 4.22. The summed E-state index contributed by atoms with van der Waals surface area (Å²) < 4.78 is 9.14. The predicted molar refractivity (Wildman–Crippen MR) is 115 cm³/mol. The van der Waals surface area contributed by atoms with Gasteiger partial charge in [0.15, 0.2) is 0 Å². The van der Waals surface area contributed by atoms with Crippen LogP contribution in [0.4, 0.5) is 5.69 Å². The van der Waals surface area contributed by atoms with Crippen LogP contribution in [0, 0.1) is 0 Å². The van der Waals surface area contributed by atoms with Gasteiger partial charge in [-0.2, -0.15) is 0 Å². The molecule has 0 aromatic heterocycles. The van der Waals surface area contributed by atoms with Crippen molar-refractivity contribution in [1.82, 2.24) is 0 Å². The molecule has 1 aliphatic heterocycles. The van der Waals surface area contributed by atoms with Gasteiger partial charge in [0.2, 0.25) is 0 Å². The maximum absolute atomic E-state index is 11.4. The molecule has 0 amide bonds. The zero-order chi connectivity index (χ0) is 18.5. The van der Waals surface area contributed by atoms with Gasteiger partial charge in [-0.1, -0.05) is 45.0 Å². The molecule has 2 N–H and O–H groups in total. The standard InChI is InChI=1S/C21H20INO3/c1-3-26-17-8-6-7-15(12-17)20-14(2)11-16(13-22-20)23-19-10-5-4-9-18(19)21(24)25/h4-13,23H,3H2,1-2H3,(H,24,25). The Morgan fingerprint density at radius 1 is 1.19 bits per heavy atom. The van der Waals surface area contributed by atoms with Crippen molar-refractivity contribution in [2.45, 2.75) is 13.8 Å². The maximum atomic E-state index is 11.4. The van der Waals surface area contributed by atoms with Gasteiger partial charge >= 0.3 is 5.97 Å². The molecule has 0 aliphatic carbocycles. The molecule has 5 heteroatoms. The van der Waals surface area contributed by atoms with E-state index in [9.17, 15) is 9.90 Å². The molecule has 0 spiro atoms. The molecular formula is C21H20INO3. The summed E-state index contributed by atoms with van der Waals surface area (Å²) >= 11 is -0.336. The number of nitrogens with one attached hydrogen (secondary N) is 1. The lowest BCUT2D eigenvalue weighted by molar-refractivity contribution is 0.0698. The molecule has 4 nitrogen and oxygen atoms in total. The molecule has 26 heavy (non-hydrogen) atoms. The van der Waals surface area contributed by atoms with Crippen molar-refractivity contribution in [3.8, 4) is 5.75 Å². The van der Waals surface area contributed by atoms with Gasteiger partial charge in [0.1, 0.15) is 5.75 Å². The Morgan fingerprint density at radius 2 is 2.00 bits per heavy atom. The Bertz CT molecular complexity index is 928. The number of benzene rings is 2. The summed E-state index contributed by atoms with van der Waals surface area (Å²) in [6.07, 6.45) is 2.07. The maximum Gasteiger partial charge on any atom is 0.337 e. The largest absolute Gasteiger partial charge is 0.494 e. The highest BCUT2D eigenvalue weighted by molar-refractivity contribution is 14.2. The van der Waals surface area contributed by atoms with Crippen LogP contribution in [-0.2, 0) is 0 Å². The molecule has 0 fully saturated rings. The first-order valence-corrected chi connectivity index (χ1v) is 10.6. The second kappa shape index (κ2) is 8.31. The molecule has 0 saturated carbocycles. The third-order valence-corrected chi connectivity index (χ3v) is 6.91. The van der Waals surface area contributed by atoms with Crippen molar-refractivity contribution in [2.75, 3.05) is 11.9 Å². The molecule has 1 aliphatic rings. The first kappa shape index (κ1) is 18.4. The Hall–Kier alpha value is -2.41. The molecule has 2 aromatic carbocycles. The Morgan fingerprint density at radius 3 is 2.73 bits per heavy atom. The summed E-state index contributed by atoms with van der Waals surface area (Å²) in [4.78, 5) is 11.4. The van der Waals surface area contributed by atoms with Gasteiger partial charge in [-0.05, 0) is 59.3 Å². The number of aromatic carboxylic acids is 1. The van der Waals surface area contributed by atoms with Crippen molar-refractivity contribution in [2.24, 2.45) is 0 Å². The second-order valence-electron chi connectivity index (χ2n) is 5.75. The van der Waals surface area contributed by atoms with E-state index in [4.69, 9.17) is 4.74 Å². The molecule has 0 saturated heterocycles. The first-order valence-electron chi connectivity index (χ1n) is 8.30. The number of anilines is 1. The molecule has 1 heterocycles. The average molecular weight is 461 g/mol. The van der Waals surface area contributed by atoms with Gasteiger partial charge < -0.3 is 15.2 Å². The number of para-hydroxylation sites is 1. The summed E-state index contributed by atoms with van der Waals surface area (Å²) in [6.45, 7) is 4.73. The SMILES string of the molecule is CCOc1cccc(C2=C(C)C=C(Nc3ccccc3C(=O)O)C=I2)c1. The lowest BCUT2D eigenvalue weighted by atomic mass is 10.1. The van der Waals surface area contributed by atoms with Crippen LogP contribution in [0.3, 0.4) is 0 Å². The molecular weight excluding hydrogens is 441 g/mol. The van der Waals surface area contributed by atoms with Crippen LogP contribution in [-0.4, -0.2) is 21.7 Å². The fourth-order valence-electron chi connectivity index (χ4n) is 2.70. The van der Waals surface area contributed by atoms with E-state index in [0.717, 1.165) is 11.4 Å². The number of carboxylic acid groups (broad SMARTS) is 1. The highest BCUT2D eigenvalue weighted by Gasteiger charge is 2.12. The minimum Gasteiger partial charge on any atom is -0.494 e. The summed E-state index contributed by atoms with van der Waals surface area (Å²) in [6, 6.07) is 15.1. The van der Waals surface area contributed by atoms with E-state index in [2.05, 4.69) is 34.5 Å². The molecule has 0 unspecified atom stereocenters. The molecule has 0 radical (unpaired) electrons. The molecule has 134 valence electrons. The van der Waals surface area contributed by atoms with E-state index in [1.807, 2.05) is 25.1 Å². The van der Waals surface area contributed by atoms with Crippen LogP contribution in [0.25, 0.3) is 3.58 Å². The Balaban J connectivity index is 1.87. The topological polar surface area (TPSA) is 58.6 Å². The number of carboxylic acids is 1. The van der Waals surface area contributed by atoms with Crippen molar-refractivity contribution >= 4 is 40.0 Å². The van der Waals surface area contributed by atoms with Crippen molar-refractivity contribution in [3.05, 3.63) is 77.0 Å². The monoisotopic (exact) mass is 461 g/mol. The van der Waals surface area contributed by atoms with Crippen LogP contribution < -0.4 is 10.1 Å². The van der Waals surface area contributed by atoms with Crippen LogP contribution in [0.1, 0.15) is 29.8 Å². The first-order chi connectivity index (χ1) is 12.6. The van der Waals surface area contributed by atoms with Crippen LogP contribution in [0.5, 0.6) is 5.75 Å². The van der Waals surface area contributed by atoms with Crippen molar-refractivity contribution in [1.29, 1.82) is 0 Å². The van der Waals surface area contributed by atoms with Gasteiger partial charge in [-0.15, -0.1) is 0 Å². The summed E-state index contributed by atoms with van der Waals surface area (Å²) in [5, 5.41) is 12.6. The fourth-order valence-corrected chi connectivity index (χ4v) is 5.03. The molecule has 3 rings (SSSR count). The zero-order valence-corrected chi connectivity index (χ0v) is 16.8. The zero-order valence-electron chi connectivity index (χ0n) is 14.6. The van der Waals surface area contributed by atoms with E-state index in [1.54, 1.807) is 18.2 Å². The third-order valence-electron chi connectivity index (χ3n) is 3.83. The Kier molecular flexibility index (Phi) is 5.88. The second-order valence-corrected chi connectivity index (χ2v) is 8.08. The average Bonchev–Trinajstić information content (AvgIpc) is 2.63. The van der Waals surface area contributed by atoms with Crippen LogP contribution in [0.15, 0.2) is 65.9 Å². The van der Waals surface area contributed by atoms with Gasteiger partial charge in [-0.25, -0.2) is 4.79 Å². The van der Waals surface area contributed by atoms with E-state index in [-0.39, 0.29) is 26.3 Å². The number of allylic oxidation sites excluding steroid dienone is 3. The molecule has 0 bridgehead atoms. The number of hydrogen-bond donors (Lipinski definition) is 2. The van der Waals surface area contributed by atoms with Gasteiger partial charge in [0.05, 0.1) is 17.9 Å². The normalized spacial score (nSPS) is 13.7. The van der Waals surface area contributed by atoms with Crippen LogP contribution in [0.2, 0.25) is 0 Å². The number of carbonyl (C=O) groups is 1. The fraction of sp³-hybridized carbons (Fsp3) is 0.143. The van der Waals surface area contributed by atoms with E-state index < -0.39 is 5.97 Å². The van der Waals surface area contributed by atoms with Gasteiger partial charge in [0, 0.05) is 9.28 Å². The highest BCUT2D eigenvalue weighted by atomic mass is 127. The van der Waals surface area contributed by atoms with Crippen LogP contribution >= 0.6 is 20.7 Å². The number of hydrogen-bond acceptors (Lipinski definition) is 3. The smallest absolute Gasteiger partial charge is 0.337 e. The number of ether oxygens (including phenoxy) is 1. The number of halogens is 1. The lowest BCUT2D eigenvalue weighted by Gasteiger charge is -2.16. The van der Waals surface area contributed by atoms with Gasteiger partial charge in [-0.3, -0.25) is 0 Å². The summed E-state index contributed by atoms with van der Waals surface area (Å²) in [5.41, 5.74) is 4.23. The van der Waals surface area contributed by atoms with E-state index >= 15 is 0 Å².